The van der Waals surface area contributed by atoms with Crippen molar-refractivity contribution < 1.29 is 9.90 Å². The summed E-state index contributed by atoms with van der Waals surface area (Å²) in [6.07, 6.45) is 0. The van der Waals surface area contributed by atoms with Crippen LogP contribution in [0.25, 0.3) is 0 Å². The minimum atomic E-state index is 0.0425. The molecule has 0 atom stereocenters. The maximum atomic E-state index is 12.5. The molecule has 1 aliphatic rings. The Morgan fingerprint density at radius 1 is 0.960 bits per heavy atom. The molecule has 1 heterocycles. The largest absolute Gasteiger partial charge is 0.508 e. The third-order valence-electron chi connectivity index (χ3n) is 4.83. The molecule has 0 bridgehead atoms. The summed E-state index contributed by atoms with van der Waals surface area (Å²) in [7, 11) is 0. The fraction of sp³-hybridized carbons (Fsp3) is 0.381. The van der Waals surface area contributed by atoms with E-state index >= 15 is 0 Å². The first-order valence-corrected chi connectivity index (χ1v) is 8.92. The fourth-order valence-electron chi connectivity index (χ4n) is 3.16. The number of hydrogen-bond donors (Lipinski definition) is 1. The molecule has 1 amide bonds. The second-order valence-electron chi connectivity index (χ2n) is 7.01. The van der Waals surface area contributed by atoms with Gasteiger partial charge in [-0.2, -0.15) is 0 Å². The number of nitrogens with zero attached hydrogens (tertiary/aromatic N) is 2. The first kappa shape index (κ1) is 17.5. The molecule has 132 valence electrons. The Labute approximate surface area is 149 Å². The topological polar surface area (TPSA) is 43.8 Å². The number of carbonyl (C=O) groups excluding carboxylic acids is 1. The molecular weight excluding hydrogens is 312 g/mol. The highest BCUT2D eigenvalue weighted by molar-refractivity contribution is 5.94. The molecule has 3 rings (SSSR count). The molecule has 2 aromatic carbocycles. The Kier molecular flexibility index (Phi) is 5.39. The third-order valence-corrected chi connectivity index (χ3v) is 4.83. The van der Waals surface area contributed by atoms with Crippen molar-refractivity contribution in [3.8, 4) is 5.75 Å². The van der Waals surface area contributed by atoms with Gasteiger partial charge in [-0.3, -0.25) is 9.69 Å². The molecule has 25 heavy (non-hydrogen) atoms. The van der Waals surface area contributed by atoms with Crippen LogP contribution in [-0.4, -0.2) is 47.0 Å². The lowest BCUT2D eigenvalue weighted by Gasteiger charge is -2.34. The summed E-state index contributed by atoms with van der Waals surface area (Å²) in [5.41, 5.74) is 3.33. The van der Waals surface area contributed by atoms with Crippen LogP contribution in [0.2, 0.25) is 0 Å². The zero-order chi connectivity index (χ0) is 17.8. The number of phenols is 1. The number of carbonyl (C=O) groups is 1. The van der Waals surface area contributed by atoms with E-state index in [1.807, 2.05) is 4.90 Å². The van der Waals surface area contributed by atoms with Crippen LogP contribution in [0, 0.1) is 0 Å². The van der Waals surface area contributed by atoms with Gasteiger partial charge in [0.15, 0.2) is 0 Å². The first-order chi connectivity index (χ1) is 12.0. The van der Waals surface area contributed by atoms with Crippen molar-refractivity contribution in [1.29, 1.82) is 0 Å². The van der Waals surface area contributed by atoms with Crippen LogP contribution in [-0.2, 0) is 6.54 Å². The van der Waals surface area contributed by atoms with E-state index in [-0.39, 0.29) is 11.7 Å². The highest BCUT2D eigenvalue weighted by Crippen LogP contribution is 2.17. The van der Waals surface area contributed by atoms with E-state index < -0.39 is 0 Å². The number of phenolic OH excluding ortho intramolecular Hbond substituents is 1. The second kappa shape index (κ2) is 7.70. The van der Waals surface area contributed by atoms with Gasteiger partial charge < -0.3 is 10.0 Å². The number of amides is 1. The lowest BCUT2D eigenvalue weighted by Crippen LogP contribution is -2.48. The lowest BCUT2D eigenvalue weighted by atomic mass is 10.0. The standard InChI is InChI=1S/C21H26N2O2/c1-16(2)18-5-3-17(4-6-18)15-22-11-13-23(14-12-22)21(25)19-7-9-20(24)10-8-19/h3-10,16,24H,11-15H2,1-2H3. The Morgan fingerprint density at radius 3 is 2.12 bits per heavy atom. The fourth-order valence-corrected chi connectivity index (χ4v) is 3.16. The second-order valence-corrected chi connectivity index (χ2v) is 7.01. The van der Waals surface area contributed by atoms with Crippen LogP contribution >= 0.6 is 0 Å². The highest BCUT2D eigenvalue weighted by Gasteiger charge is 2.22. The molecule has 4 nitrogen and oxygen atoms in total. The molecule has 2 aromatic rings. The van der Waals surface area contributed by atoms with E-state index in [2.05, 4.69) is 43.0 Å². The van der Waals surface area contributed by atoms with E-state index in [4.69, 9.17) is 0 Å². The number of piperazine rings is 1. The molecule has 0 spiro atoms. The summed E-state index contributed by atoms with van der Waals surface area (Å²) in [6, 6.07) is 15.3. The lowest BCUT2D eigenvalue weighted by molar-refractivity contribution is 0.0628. The molecule has 0 aromatic heterocycles. The number of benzene rings is 2. The molecule has 0 aliphatic carbocycles. The van der Waals surface area contributed by atoms with Crippen LogP contribution in [0.5, 0.6) is 5.75 Å². The van der Waals surface area contributed by atoms with Crippen LogP contribution in [0.1, 0.15) is 41.3 Å². The first-order valence-electron chi connectivity index (χ1n) is 8.92. The van der Waals surface area contributed by atoms with Gasteiger partial charge in [-0.25, -0.2) is 0 Å². The van der Waals surface area contributed by atoms with Crippen LogP contribution in [0.15, 0.2) is 48.5 Å². The predicted molar refractivity (Wildman–Crippen MR) is 99.8 cm³/mol. The molecule has 1 fully saturated rings. The zero-order valence-electron chi connectivity index (χ0n) is 15.0. The minimum absolute atomic E-state index is 0.0425. The van der Waals surface area contributed by atoms with E-state index in [1.165, 1.54) is 11.1 Å². The molecule has 1 N–H and O–H groups in total. The molecule has 1 aliphatic heterocycles. The Morgan fingerprint density at radius 2 is 1.56 bits per heavy atom. The molecule has 0 saturated carbocycles. The maximum Gasteiger partial charge on any atom is 0.253 e. The van der Waals surface area contributed by atoms with Crippen molar-refractivity contribution in [2.45, 2.75) is 26.3 Å². The van der Waals surface area contributed by atoms with Crippen molar-refractivity contribution >= 4 is 5.91 Å². The maximum absolute atomic E-state index is 12.5. The molecule has 1 saturated heterocycles. The highest BCUT2D eigenvalue weighted by atomic mass is 16.3. The van der Waals surface area contributed by atoms with Gasteiger partial charge in [0.05, 0.1) is 0 Å². The average Bonchev–Trinajstić information content (AvgIpc) is 2.63. The predicted octanol–water partition coefficient (Wildman–Crippen LogP) is 3.47. The molecule has 0 unspecified atom stereocenters. The summed E-state index contributed by atoms with van der Waals surface area (Å²) in [5.74, 6) is 0.786. The minimum Gasteiger partial charge on any atom is -0.508 e. The van der Waals surface area contributed by atoms with Gasteiger partial charge in [0.25, 0.3) is 5.91 Å². The average molecular weight is 338 g/mol. The number of aromatic hydroxyl groups is 1. The monoisotopic (exact) mass is 338 g/mol. The smallest absolute Gasteiger partial charge is 0.253 e. The van der Waals surface area contributed by atoms with Gasteiger partial charge in [0.2, 0.25) is 0 Å². The SMILES string of the molecule is CC(C)c1ccc(CN2CCN(C(=O)c3ccc(O)cc3)CC2)cc1. The van der Waals surface area contributed by atoms with E-state index in [0.29, 0.717) is 11.5 Å². The Balaban J connectivity index is 1.53. The van der Waals surface area contributed by atoms with Crippen molar-refractivity contribution in [3.63, 3.8) is 0 Å². The van der Waals surface area contributed by atoms with Crippen molar-refractivity contribution in [2.24, 2.45) is 0 Å². The molecule has 4 heteroatoms. The molecule has 0 radical (unpaired) electrons. The van der Waals surface area contributed by atoms with E-state index in [9.17, 15) is 9.90 Å². The van der Waals surface area contributed by atoms with E-state index in [0.717, 1.165) is 32.7 Å². The Hall–Kier alpha value is -2.33. The van der Waals surface area contributed by atoms with Crippen LogP contribution in [0.3, 0.4) is 0 Å². The molecular formula is C21H26N2O2. The summed E-state index contributed by atoms with van der Waals surface area (Å²) in [5, 5.41) is 9.34. The summed E-state index contributed by atoms with van der Waals surface area (Å²) >= 11 is 0. The third kappa shape index (κ3) is 4.40. The quantitative estimate of drug-likeness (QED) is 0.928. The summed E-state index contributed by atoms with van der Waals surface area (Å²) < 4.78 is 0. The van der Waals surface area contributed by atoms with Crippen molar-refractivity contribution in [3.05, 3.63) is 65.2 Å². The van der Waals surface area contributed by atoms with Crippen molar-refractivity contribution in [1.82, 2.24) is 9.80 Å². The summed E-state index contributed by atoms with van der Waals surface area (Å²) in [4.78, 5) is 16.8. The van der Waals surface area contributed by atoms with Gasteiger partial charge in [-0.1, -0.05) is 38.1 Å². The van der Waals surface area contributed by atoms with Gasteiger partial charge in [0, 0.05) is 38.3 Å². The number of rotatable bonds is 4. The Bertz CT molecular complexity index is 700. The normalized spacial score (nSPS) is 15.6. The van der Waals surface area contributed by atoms with Crippen molar-refractivity contribution in [2.75, 3.05) is 26.2 Å². The summed E-state index contributed by atoms with van der Waals surface area (Å²) in [6.45, 7) is 8.59. The van der Waals surface area contributed by atoms with Gasteiger partial charge in [-0.05, 0) is 41.3 Å². The van der Waals surface area contributed by atoms with Crippen LogP contribution in [0.4, 0.5) is 0 Å². The van der Waals surface area contributed by atoms with Gasteiger partial charge in [-0.15, -0.1) is 0 Å². The van der Waals surface area contributed by atoms with Gasteiger partial charge in [0.1, 0.15) is 5.75 Å². The van der Waals surface area contributed by atoms with Gasteiger partial charge >= 0.3 is 0 Å². The zero-order valence-corrected chi connectivity index (χ0v) is 15.0. The number of hydrogen-bond acceptors (Lipinski definition) is 3. The van der Waals surface area contributed by atoms with E-state index in [1.54, 1.807) is 24.3 Å². The van der Waals surface area contributed by atoms with Crippen LogP contribution < -0.4 is 0 Å².